The molecule has 1 atom stereocenters. The summed E-state index contributed by atoms with van der Waals surface area (Å²) in [6.45, 7) is 4.59. The Bertz CT molecular complexity index is 1050. The Hall–Kier alpha value is -3.47. The summed E-state index contributed by atoms with van der Waals surface area (Å²) >= 11 is 0.779. The third-order valence-corrected chi connectivity index (χ3v) is 5.11. The Balaban J connectivity index is 1.59. The summed E-state index contributed by atoms with van der Waals surface area (Å²) in [5, 5.41) is 14.8. The number of aryl methyl sites for hydroxylation is 1. The Labute approximate surface area is 182 Å². The first-order chi connectivity index (χ1) is 14.8. The van der Waals surface area contributed by atoms with E-state index in [0.717, 1.165) is 17.1 Å². The van der Waals surface area contributed by atoms with E-state index in [1.807, 2.05) is 17.7 Å². The van der Waals surface area contributed by atoms with Crippen molar-refractivity contribution in [2.24, 2.45) is 5.92 Å². The second-order valence-electron chi connectivity index (χ2n) is 7.08. The molecular formula is C20H22FN5O4S. The molecule has 0 aliphatic rings. The molecule has 11 heteroatoms. The van der Waals surface area contributed by atoms with Crippen LogP contribution in [0, 0.1) is 18.7 Å². The standard InChI is InChI=1S/C20H22FN5O4S/c1-12-3-4-14(15(21)7-12)10-30-17-16(19(27)28)18(31-25-17)24-20(29)23-8-13(2)9-26-6-5-22-11-26/h3-7,11,13H,8-10H2,1-2H3,(H,27,28)(H2,23,24,29). The van der Waals surface area contributed by atoms with E-state index in [9.17, 15) is 19.1 Å². The number of carbonyl (C=O) groups excluding carboxylic acids is 1. The van der Waals surface area contributed by atoms with E-state index < -0.39 is 17.8 Å². The summed E-state index contributed by atoms with van der Waals surface area (Å²) in [6.07, 6.45) is 5.20. The maximum Gasteiger partial charge on any atom is 0.344 e. The first-order valence-electron chi connectivity index (χ1n) is 9.45. The fraction of sp³-hybridized carbons (Fsp3) is 0.300. The molecule has 1 aromatic carbocycles. The summed E-state index contributed by atoms with van der Waals surface area (Å²) < 4.78 is 25.3. The van der Waals surface area contributed by atoms with Crippen molar-refractivity contribution in [1.82, 2.24) is 19.2 Å². The SMILES string of the molecule is Cc1ccc(COc2nsc(NC(=O)NCC(C)Cn3ccnc3)c2C(=O)O)c(F)c1. The van der Waals surface area contributed by atoms with Crippen molar-refractivity contribution in [3.05, 3.63) is 59.4 Å². The number of carboxylic acid groups (broad SMARTS) is 1. The van der Waals surface area contributed by atoms with Crippen LogP contribution in [0.15, 0.2) is 36.9 Å². The van der Waals surface area contributed by atoms with Crippen molar-refractivity contribution < 1.29 is 23.8 Å². The average molecular weight is 447 g/mol. The van der Waals surface area contributed by atoms with Gasteiger partial charge in [0, 0.05) is 31.0 Å². The molecule has 3 N–H and O–H groups in total. The summed E-state index contributed by atoms with van der Waals surface area (Å²) in [4.78, 5) is 27.9. The lowest BCUT2D eigenvalue weighted by atomic mass is 10.1. The number of halogens is 1. The molecule has 1 unspecified atom stereocenters. The minimum absolute atomic E-state index is 0.0339. The monoisotopic (exact) mass is 447 g/mol. The highest BCUT2D eigenvalue weighted by Crippen LogP contribution is 2.31. The second kappa shape index (κ2) is 10.0. The largest absolute Gasteiger partial charge is 0.477 e. The Morgan fingerprint density at radius 2 is 2.19 bits per heavy atom. The van der Waals surface area contributed by atoms with Gasteiger partial charge in [-0.25, -0.2) is 19.0 Å². The van der Waals surface area contributed by atoms with E-state index in [1.54, 1.807) is 31.6 Å². The van der Waals surface area contributed by atoms with E-state index in [1.165, 1.54) is 6.07 Å². The summed E-state index contributed by atoms with van der Waals surface area (Å²) in [5.74, 6) is -1.81. The number of carboxylic acids is 1. The van der Waals surface area contributed by atoms with Crippen molar-refractivity contribution >= 4 is 28.5 Å². The van der Waals surface area contributed by atoms with Crippen LogP contribution in [0.3, 0.4) is 0 Å². The Kier molecular flexibility index (Phi) is 7.19. The van der Waals surface area contributed by atoms with E-state index in [0.29, 0.717) is 13.1 Å². The number of rotatable bonds is 9. The molecule has 2 heterocycles. The summed E-state index contributed by atoms with van der Waals surface area (Å²) in [5.41, 5.74) is 0.756. The zero-order chi connectivity index (χ0) is 22.4. The summed E-state index contributed by atoms with van der Waals surface area (Å²) in [7, 11) is 0. The number of aromatic nitrogens is 3. The molecule has 0 saturated heterocycles. The molecule has 0 spiro atoms. The van der Waals surface area contributed by atoms with Gasteiger partial charge in [-0.05, 0) is 36.0 Å². The number of nitrogens with one attached hydrogen (secondary N) is 2. The van der Waals surface area contributed by atoms with E-state index in [2.05, 4.69) is 20.0 Å². The number of ether oxygens (including phenoxy) is 1. The van der Waals surface area contributed by atoms with Crippen molar-refractivity contribution in [2.45, 2.75) is 27.0 Å². The number of nitrogens with zero attached hydrogens (tertiary/aromatic N) is 3. The van der Waals surface area contributed by atoms with Crippen LogP contribution >= 0.6 is 11.5 Å². The summed E-state index contributed by atoms with van der Waals surface area (Å²) in [6, 6.07) is 4.10. The van der Waals surface area contributed by atoms with Crippen molar-refractivity contribution in [3.63, 3.8) is 0 Å². The Morgan fingerprint density at radius 1 is 1.39 bits per heavy atom. The minimum atomic E-state index is -1.31. The number of hydrogen-bond donors (Lipinski definition) is 3. The zero-order valence-corrected chi connectivity index (χ0v) is 17.8. The van der Waals surface area contributed by atoms with Crippen molar-refractivity contribution in [2.75, 3.05) is 11.9 Å². The van der Waals surface area contributed by atoms with E-state index >= 15 is 0 Å². The van der Waals surface area contributed by atoms with Gasteiger partial charge in [0.25, 0.3) is 0 Å². The van der Waals surface area contributed by atoms with Crippen LogP contribution in [0.25, 0.3) is 0 Å². The van der Waals surface area contributed by atoms with Crippen LogP contribution in [0.4, 0.5) is 14.2 Å². The fourth-order valence-corrected chi connectivity index (χ4v) is 3.52. The van der Waals surface area contributed by atoms with Gasteiger partial charge in [0.05, 0.1) is 6.33 Å². The maximum atomic E-state index is 14.0. The molecule has 2 amide bonds. The van der Waals surface area contributed by atoms with Crippen molar-refractivity contribution in [3.8, 4) is 5.88 Å². The lowest BCUT2D eigenvalue weighted by molar-refractivity contribution is 0.0693. The van der Waals surface area contributed by atoms with Crippen LogP contribution < -0.4 is 15.4 Å². The molecular weight excluding hydrogens is 425 g/mol. The Morgan fingerprint density at radius 3 is 2.87 bits per heavy atom. The fourth-order valence-electron chi connectivity index (χ4n) is 2.80. The highest BCUT2D eigenvalue weighted by atomic mass is 32.1. The van der Waals surface area contributed by atoms with Crippen LogP contribution in [0.2, 0.25) is 0 Å². The molecule has 9 nitrogen and oxygen atoms in total. The number of hydrogen-bond acceptors (Lipinski definition) is 6. The van der Waals surface area contributed by atoms with Gasteiger partial charge in [0.1, 0.15) is 17.4 Å². The smallest absolute Gasteiger partial charge is 0.344 e. The van der Waals surface area contributed by atoms with Gasteiger partial charge in [-0.1, -0.05) is 19.1 Å². The molecule has 164 valence electrons. The maximum absolute atomic E-state index is 14.0. The normalized spacial score (nSPS) is 11.7. The molecule has 3 rings (SSSR count). The lowest BCUT2D eigenvalue weighted by Gasteiger charge is -2.13. The molecule has 31 heavy (non-hydrogen) atoms. The topological polar surface area (TPSA) is 118 Å². The van der Waals surface area contributed by atoms with Gasteiger partial charge in [-0.15, -0.1) is 0 Å². The van der Waals surface area contributed by atoms with Gasteiger partial charge < -0.3 is 19.7 Å². The molecule has 0 fully saturated rings. The number of imidazole rings is 1. The number of anilines is 1. The molecule has 3 aromatic rings. The highest BCUT2D eigenvalue weighted by molar-refractivity contribution is 7.11. The van der Waals surface area contributed by atoms with Crippen LogP contribution in [0.1, 0.15) is 28.4 Å². The molecule has 2 aromatic heterocycles. The van der Waals surface area contributed by atoms with Gasteiger partial charge in [-0.2, -0.15) is 4.37 Å². The number of carbonyl (C=O) groups is 2. The number of urea groups is 1. The molecule has 0 aliphatic carbocycles. The van der Waals surface area contributed by atoms with Gasteiger partial charge >= 0.3 is 12.0 Å². The van der Waals surface area contributed by atoms with Crippen LogP contribution in [-0.4, -0.2) is 37.6 Å². The van der Waals surface area contributed by atoms with Gasteiger partial charge in [0.15, 0.2) is 5.56 Å². The third-order valence-electron chi connectivity index (χ3n) is 4.37. The van der Waals surface area contributed by atoms with Crippen LogP contribution in [0.5, 0.6) is 5.88 Å². The first-order valence-corrected chi connectivity index (χ1v) is 10.2. The third kappa shape index (κ3) is 6.01. The van der Waals surface area contributed by atoms with Crippen molar-refractivity contribution in [1.29, 1.82) is 0 Å². The number of aromatic carboxylic acids is 1. The lowest BCUT2D eigenvalue weighted by Crippen LogP contribution is -2.33. The molecule has 0 bridgehead atoms. The predicted octanol–water partition coefficient (Wildman–Crippen LogP) is 3.52. The predicted molar refractivity (Wildman–Crippen MR) is 113 cm³/mol. The average Bonchev–Trinajstić information content (AvgIpc) is 3.35. The second-order valence-corrected chi connectivity index (χ2v) is 7.85. The molecule has 0 saturated carbocycles. The minimum Gasteiger partial charge on any atom is -0.477 e. The molecule has 0 radical (unpaired) electrons. The van der Waals surface area contributed by atoms with E-state index in [4.69, 9.17) is 4.74 Å². The zero-order valence-electron chi connectivity index (χ0n) is 17.0. The highest BCUT2D eigenvalue weighted by Gasteiger charge is 2.24. The van der Waals surface area contributed by atoms with Gasteiger partial charge in [-0.3, -0.25) is 5.32 Å². The van der Waals surface area contributed by atoms with Gasteiger partial charge in [0.2, 0.25) is 5.88 Å². The van der Waals surface area contributed by atoms with Crippen LogP contribution in [-0.2, 0) is 13.2 Å². The molecule has 0 aliphatic heterocycles. The number of amides is 2. The quantitative estimate of drug-likeness (QED) is 0.462. The van der Waals surface area contributed by atoms with E-state index in [-0.39, 0.29) is 34.5 Å². The number of benzene rings is 1. The first kappa shape index (κ1) is 22.2.